The molecular weight excluding hydrogens is 342 g/mol. The van der Waals surface area contributed by atoms with Crippen molar-refractivity contribution < 1.29 is 8.42 Å². The predicted molar refractivity (Wildman–Crippen MR) is 82.6 cm³/mol. The minimum Gasteiger partial charge on any atom is -0.399 e. The van der Waals surface area contributed by atoms with E-state index in [9.17, 15) is 8.42 Å². The number of benzene rings is 1. The quantitative estimate of drug-likeness (QED) is 0.646. The van der Waals surface area contributed by atoms with Crippen molar-refractivity contribution in [2.24, 2.45) is 0 Å². The van der Waals surface area contributed by atoms with Gasteiger partial charge >= 0.3 is 0 Å². The largest absolute Gasteiger partial charge is 0.399 e. The normalized spacial score (nSPS) is 17.8. The molecule has 0 amide bonds. The third-order valence-corrected chi connectivity index (χ3v) is 6.10. The van der Waals surface area contributed by atoms with Gasteiger partial charge < -0.3 is 5.73 Å². The number of terminal acetylenes is 1. The number of hydrogen-bond acceptors (Lipinski definition) is 4. The Bertz CT molecular complexity index is 632. The second kappa shape index (κ2) is 6.14. The van der Waals surface area contributed by atoms with Crippen LogP contribution >= 0.6 is 15.9 Å². The van der Waals surface area contributed by atoms with Crippen LogP contribution in [0.25, 0.3) is 0 Å². The Morgan fingerprint density at radius 2 is 1.95 bits per heavy atom. The molecule has 1 fully saturated rings. The third-order valence-electron chi connectivity index (χ3n) is 3.22. The zero-order valence-electron chi connectivity index (χ0n) is 10.9. The molecule has 108 valence electrons. The molecule has 0 unspecified atom stereocenters. The number of rotatable bonds is 3. The number of halogens is 1. The first-order valence-corrected chi connectivity index (χ1v) is 8.39. The molecule has 0 saturated carbocycles. The predicted octanol–water partition coefficient (Wildman–Crippen LogP) is 0.971. The summed E-state index contributed by atoms with van der Waals surface area (Å²) in [5.41, 5.74) is 6.16. The Morgan fingerprint density at radius 3 is 2.50 bits per heavy atom. The molecule has 0 atom stereocenters. The molecule has 1 aromatic carbocycles. The lowest BCUT2D eigenvalue weighted by Gasteiger charge is -2.33. The summed E-state index contributed by atoms with van der Waals surface area (Å²) in [5, 5.41) is 0. The summed E-state index contributed by atoms with van der Waals surface area (Å²) < 4.78 is 27.1. The summed E-state index contributed by atoms with van der Waals surface area (Å²) in [4.78, 5) is 2.31. The van der Waals surface area contributed by atoms with E-state index in [1.807, 2.05) is 0 Å². The summed E-state index contributed by atoms with van der Waals surface area (Å²) in [7, 11) is -3.50. The van der Waals surface area contributed by atoms with E-state index in [0.717, 1.165) is 0 Å². The zero-order chi connectivity index (χ0) is 14.8. The van der Waals surface area contributed by atoms with E-state index in [4.69, 9.17) is 12.2 Å². The zero-order valence-corrected chi connectivity index (χ0v) is 13.3. The molecular formula is C13H16BrN3O2S. The fourth-order valence-corrected chi connectivity index (χ4v) is 4.60. The lowest BCUT2D eigenvalue weighted by molar-refractivity contribution is 0.207. The fourth-order valence-electron chi connectivity index (χ4n) is 2.12. The molecule has 1 heterocycles. The number of piperazine rings is 1. The van der Waals surface area contributed by atoms with Gasteiger partial charge in [-0.05, 0) is 34.1 Å². The number of anilines is 1. The van der Waals surface area contributed by atoms with Crippen LogP contribution in [0.4, 0.5) is 5.69 Å². The van der Waals surface area contributed by atoms with Crippen molar-refractivity contribution in [3.8, 4) is 12.3 Å². The van der Waals surface area contributed by atoms with Gasteiger partial charge in [0.05, 0.1) is 11.4 Å². The Morgan fingerprint density at radius 1 is 1.30 bits per heavy atom. The average Bonchev–Trinajstić information content (AvgIpc) is 2.39. The average molecular weight is 358 g/mol. The van der Waals surface area contributed by atoms with Crippen LogP contribution in [0.15, 0.2) is 27.6 Å². The Kier molecular flexibility index (Phi) is 4.70. The highest BCUT2D eigenvalue weighted by molar-refractivity contribution is 9.10. The first-order valence-electron chi connectivity index (χ1n) is 6.16. The van der Waals surface area contributed by atoms with Crippen LogP contribution in [0.5, 0.6) is 0 Å². The van der Waals surface area contributed by atoms with Crippen molar-refractivity contribution in [2.45, 2.75) is 4.90 Å². The van der Waals surface area contributed by atoms with Gasteiger partial charge in [-0.1, -0.05) is 5.92 Å². The van der Waals surface area contributed by atoms with Crippen molar-refractivity contribution in [3.05, 3.63) is 22.7 Å². The molecule has 1 aliphatic rings. The molecule has 1 aliphatic heterocycles. The fraction of sp³-hybridized carbons (Fsp3) is 0.385. The molecule has 5 nitrogen and oxygen atoms in total. The van der Waals surface area contributed by atoms with Gasteiger partial charge in [-0.2, -0.15) is 4.31 Å². The summed E-state index contributed by atoms with van der Waals surface area (Å²) in [6.45, 7) is 2.74. The van der Waals surface area contributed by atoms with Gasteiger partial charge in [0, 0.05) is 36.3 Å². The van der Waals surface area contributed by atoms with Crippen LogP contribution in [0.3, 0.4) is 0 Å². The third kappa shape index (κ3) is 3.15. The number of sulfonamides is 1. The molecule has 0 aromatic heterocycles. The minimum atomic E-state index is -3.50. The van der Waals surface area contributed by atoms with E-state index in [1.54, 1.807) is 12.1 Å². The van der Waals surface area contributed by atoms with E-state index in [2.05, 4.69) is 26.8 Å². The van der Waals surface area contributed by atoms with E-state index in [0.29, 0.717) is 42.9 Å². The molecule has 7 heteroatoms. The first kappa shape index (κ1) is 15.3. The first-order chi connectivity index (χ1) is 9.45. The van der Waals surface area contributed by atoms with Crippen LogP contribution in [0.2, 0.25) is 0 Å². The Hall–Kier alpha value is -1.07. The van der Waals surface area contributed by atoms with Crippen molar-refractivity contribution >= 4 is 31.6 Å². The van der Waals surface area contributed by atoms with Gasteiger partial charge in [0.15, 0.2) is 0 Å². The summed E-state index contributed by atoms with van der Waals surface area (Å²) in [5.74, 6) is 2.57. The maximum Gasteiger partial charge on any atom is 0.244 e. The number of nitrogens with zero attached hydrogens (tertiary/aromatic N) is 2. The smallest absolute Gasteiger partial charge is 0.244 e. The highest BCUT2D eigenvalue weighted by Gasteiger charge is 2.29. The van der Waals surface area contributed by atoms with Gasteiger partial charge in [0.1, 0.15) is 0 Å². The number of hydrogen-bond donors (Lipinski definition) is 1. The summed E-state index contributed by atoms with van der Waals surface area (Å²) >= 11 is 3.26. The molecule has 0 spiro atoms. The molecule has 0 bridgehead atoms. The molecule has 2 N–H and O–H groups in total. The maximum absolute atomic E-state index is 12.6. The van der Waals surface area contributed by atoms with Crippen molar-refractivity contribution in [1.82, 2.24) is 9.21 Å². The second-order valence-electron chi connectivity index (χ2n) is 4.57. The van der Waals surface area contributed by atoms with Gasteiger partial charge in [0.25, 0.3) is 0 Å². The van der Waals surface area contributed by atoms with Crippen LogP contribution in [0.1, 0.15) is 0 Å². The molecule has 0 aliphatic carbocycles. The summed E-state index contributed by atoms with van der Waals surface area (Å²) in [6, 6.07) is 4.72. The van der Waals surface area contributed by atoms with Crippen molar-refractivity contribution in [1.29, 1.82) is 0 Å². The Labute approximate surface area is 127 Å². The lowest BCUT2D eigenvalue weighted by Crippen LogP contribution is -2.48. The Balaban J connectivity index is 2.18. The molecule has 1 saturated heterocycles. The van der Waals surface area contributed by atoms with Gasteiger partial charge in [-0.25, -0.2) is 8.42 Å². The van der Waals surface area contributed by atoms with Gasteiger partial charge in [0.2, 0.25) is 10.0 Å². The number of nitrogen functional groups attached to an aromatic ring is 1. The monoisotopic (exact) mass is 357 g/mol. The highest BCUT2D eigenvalue weighted by atomic mass is 79.9. The maximum atomic E-state index is 12.6. The van der Waals surface area contributed by atoms with Crippen LogP contribution in [-0.2, 0) is 10.0 Å². The van der Waals surface area contributed by atoms with Crippen LogP contribution in [0, 0.1) is 12.3 Å². The van der Waals surface area contributed by atoms with Gasteiger partial charge in [-0.15, -0.1) is 6.42 Å². The van der Waals surface area contributed by atoms with E-state index < -0.39 is 10.0 Å². The van der Waals surface area contributed by atoms with Crippen LogP contribution < -0.4 is 5.73 Å². The van der Waals surface area contributed by atoms with E-state index >= 15 is 0 Å². The molecule has 0 radical (unpaired) electrons. The number of nitrogens with two attached hydrogens (primary N) is 1. The SMILES string of the molecule is C#CCN1CCN(S(=O)(=O)c2ccc(N)cc2Br)CC1. The van der Waals surface area contributed by atoms with Gasteiger partial charge in [-0.3, -0.25) is 4.90 Å². The van der Waals surface area contributed by atoms with E-state index in [-0.39, 0.29) is 4.90 Å². The van der Waals surface area contributed by atoms with Crippen molar-refractivity contribution in [3.63, 3.8) is 0 Å². The standard InChI is InChI=1S/C13H16BrN3O2S/c1-2-5-16-6-8-17(9-7-16)20(18,19)13-4-3-11(15)10-12(13)14/h1,3-4,10H,5-9,15H2. The molecule has 1 aromatic rings. The lowest BCUT2D eigenvalue weighted by atomic mass is 10.3. The summed E-state index contributed by atoms with van der Waals surface area (Å²) in [6.07, 6.45) is 5.26. The molecule has 20 heavy (non-hydrogen) atoms. The van der Waals surface area contributed by atoms with Crippen LogP contribution in [-0.4, -0.2) is 50.3 Å². The molecule has 2 rings (SSSR count). The minimum absolute atomic E-state index is 0.247. The van der Waals surface area contributed by atoms with Crippen molar-refractivity contribution in [2.75, 3.05) is 38.5 Å². The topological polar surface area (TPSA) is 66.6 Å². The van der Waals surface area contributed by atoms with E-state index in [1.165, 1.54) is 10.4 Å². The second-order valence-corrected chi connectivity index (χ2v) is 7.33. The highest BCUT2D eigenvalue weighted by Crippen LogP contribution is 2.27.